The van der Waals surface area contributed by atoms with Crippen LogP contribution in [0.1, 0.15) is 17.3 Å². The number of carbonyl (C=O) groups is 1. The molecule has 15 heavy (non-hydrogen) atoms. The van der Waals surface area contributed by atoms with Gasteiger partial charge in [-0.3, -0.25) is 4.79 Å². The number of rotatable bonds is 3. The number of nitrogens with one attached hydrogen (secondary N) is 1. The molecule has 0 aliphatic heterocycles. The van der Waals surface area contributed by atoms with Gasteiger partial charge in [-0.2, -0.15) is 0 Å². The van der Waals surface area contributed by atoms with Gasteiger partial charge in [0.2, 0.25) is 0 Å². The van der Waals surface area contributed by atoms with Crippen molar-refractivity contribution in [3.8, 4) is 5.75 Å². The summed E-state index contributed by atoms with van der Waals surface area (Å²) in [4.78, 5) is 11.7. The van der Waals surface area contributed by atoms with Gasteiger partial charge in [0.15, 0.2) is 0 Å². The third-order valence-electron chi connectivity index (χ3n) is 1.92. The zero-order valence-electron chi connectivity index (χ0n) is 8.33. The van der Waals surface area contributed by atoms with Gasteiger partial charge in [0.1, 0.15) is 5.75 Å². The molecule has 3 nitrogen and oxygen atoms in total. The predicted molar refractivity (Wildman–Crippen MR) is 67.9 cm³/mol. The molecule has 0 aromatic heterocycles. The van der Waals surface area contributed by atoms with Crippen LogP contribution in [0, 0.1) is 3.57 Å². The van der Waals surface area contributed by atoms with Gasteiger partial charge in [-0.05, 0) is 47.7 Å². The third-order valence-corrected chi connectivity index (χ3v) is 2.59. The Hall–Kier alpha value is -1.04. The zero-order chi connectivity index (χ0) is 11.4. The number of hydrogen-bond acceptors (Lipinski definition) is 2. The van der Waals surface area contributed by atoms with Crippen LogP contribution in [0.2, 0.25) is 0 Å². The summed E-state index contributed by atoms with van der Waals surface area (Å²) in [6, 6.07) is 4.77. The number of aromatic hydroxyl groups is 1. The summed E-state index contributed by atoms with van der Waals surface area (Å²) in [6.07, 6.45) is 1.63. The van der Waals surface area contributed by atoms with Crippen molar-refractivity contribution in [3.05, 3.63) is 40.0 Å². The Balaban J connectivity index is 2.90. The lowest BCUT2D eigenvalue weighted by Gasteiger charge is -2.10. The van der Waals surface area contributed by atoms with E-state index in [1.807, 2.05) is 6.92 Å². The van der Waals surface area contributed by atoms with Crippen LogP contribution in [0.4, 0.5) is 0 Å². The first-order chi connectivity index (χ1) is 7.04. The Morgan fingerprint density at radius 3 is 2.93 bits per heavy atom. The van der Waals surface area contributed by atoms with Gasteiger partial charge in [-0.15, -0.1) is 6.58 Å². The molecule has 0 fully saturated rings. The Morgan fingerprint density at radius 1 is 1.67 bits per heavy atom. The van der Waals surface area contributed by atoms with Crippen LogP contribution in [0.15, 0.2) is 30.9 Å². The lowest BCUT2D eigenvalue weighted by Crippen LogP contribution is -2.30. The van der Waals surface area contributed by atoms with Crippen molar-refractivity contribution >= 4 is 28.5 Å². The summed E-state index contributed by atoms with van der Waals surface area (Å²) < 4.78 is 0.904. The number of phenolic OH excluding ortho intramolecular Hbond substituents is 1. The fraction of sp³-hybridized carbons (Fsp3) is 0.182. The van der Waals surface area contributed by atoms with E-state index in [9.17, 15) is 9.90 Å². The number of halogens is 1. The van der Waals surface area contributed by atoms with Gasteiger partial charge in [-0.25, -0.2) is 0 Å². The van der Waals surface area contributed by atoms with E-state index < -0.39 is 0 Å². The average Bonchev–Trinajstić information content (AvgIpc) is 2.21. The van der Waals surface area contributed by atoms with Crippen LogP contribution in [0.5, 0.6) is 5.75 Å². The van der Waals surface area contributed by atoms with Gasteiger partial charge < -0.3 is 10.4 Å². The molecule has 0 bridgehead atoms. The minimum atomic E-state index is -0.293. The first kappa shape index (κ1) is 12.0. The molecule has 1 aromatic rings. The first-order valence-electron chi connectivity index (χ1n) is 4.46. The fourth-order valence-electron chi connectivity index (χ4n) is 1.03. The number of carbonyl (C=O) groups excluding carboxylic acids is 1. The number of hydrogen-bond donors (Lipinski definition) is 2. The Morgan fingerprint density at radius 2 is 2.33 bits per heavy atom. The second kappa shape index (κ2) is 5.16. The summed E-state index contributed by atoms with van der Waals surface area (Å²) >= 11 is 2.09. The Kier molecular flexibility index (Phi) is 4.14. The molecule has 1 unspecified atom stereocenters. The summed E-state index contributed by atoms with van der Waals surface area (Å²) in [5.41, 5.74) is 0.288. The molecule has 0 aliphatic rings. The van der Waals surface area contributed by atoms with Gasteiger partial charge in [-0.1, -0.05) is 6.08 Å². The van der Waals surface area contributed by atoms with Crippen molar-refractivity contribution in [2.24, 2.45) is 0 Å². The lowest BCUT2D eigenvalue weighted by molar-refractivity contribution is 0.0944. The van der Waals surface area contributed by atoms with E-state index in [-0.39, 0.29) is 23.3 Å². The number of benzene rings is 1. The molecular formula is C11H12INO2. The number of phenols is 1. The topological polar surface area (TPSA) is 49.3 Å². The van der Waals surface area contributed by atoms with Crippen LogP contribution in [-0.4, -0.2) is 17.1 Å². The normalized spacial score (nSPS) is 11.9. The first-order valence-corrected chi connectivity index (χ1v) is 5.54. The SMILES string of the molecule is C=CC(C)NC(=O)c1cc(I)ccc1O. The minimum Gasteiger partial charge on any atom is -0.507 e. The van der Waals surface area contributed by atoms with Crippen LogP contribution in [0.3, 0.4) is 0 Å². The van der Waals surface area contributed by atoms with Crippen molar-refractivity contribution < 1.29 is 9.90 Å². The van der Waals surface area contributed by atoms with Crippen molar-refractivity contribution in [1.82, 2.24) is 5.32 Å². The molecule has 1 atom stereocenters. The number of amides is 1. The average molecular weight is 317 g/mol. The lowest BCUT2D eigenvalue weighted by atomic mass is 10.2. The van der Waals surface area contributed by atoms with Crippen molar-refractivity contribution in [1.29, 1.82) is 0 Å². The molecule has 80 valence electrons. The standard InChI is InChI=1S/C11H12INO2/c1-3-7(2)13-11(15)9-6-8(12)4-5-10(9)14/h3-7,14H,1H2,2H3,(H,13,15). The molecule has 0 heterocycles. The van der Waals surface area contributed by atoms with E-state index in [0.717, 1.165) is 3.57 Å². The molecule has 0 saturated heterocycles. The zero-order valence-corrected chi connectivity index (χ0v) is 10.5. The molecule has 0 spiro atoms. The van der Waals surface area contributed by atoms with E-state index in [1.165, 1.54) is 6.07 Å². The second-order valence-corrected chi connectivity index (χ2v) is 4.40. The summed E-state index contributed by atoms with van der Waals surface area (Å²) in [7, 11) is 0. The van der Waals surface area contributed by atoms with E-state index >= 15 is 0 Å². The smallest absolute Gasteiger partial charge is 0.255 e. The van der Waals surface area contributed by atoms with Crippen LogP contribution in [0.25, 0.3) is 0 Å². The Labute approximate surface area is 102 Å². The van der Waals surface area contributed by atoms with E-state index in [4.69, 9.17) is 0 Å². The highest BCUT2D eigenvalue weighted by molar-refractivity contribution is 14.1. The molecule has 1 amide bonds. The van der Waals surface area contributed by atoms with Gasteiger partial charge in [0.05, 0.1) is 5.56 Å². The maximum atomic E-state index is 11.7. The summed E-state index contributed by atoms with van der Waals surface area (Å²) in [5, 5.41) is 12.2. The third kappa shape index (κ3) is 3.23. The molecule has 0 aliphatic carbocycles. The van der Waals surface area contributed by atoms with Crippen LogP contribution in [-0.2, 0) is 0 Å². The van der Waals surface area contributed by atoms with Gasteiger partial charge in [0, 0.05) is 9.61 Å². The quantitative estimate of drug-likeness (QED) is 0.664. The summed E-state index contributed by atoms with van der Waals surface area (Å²) in [5.74, 6) is -0.303. The van der Waals surface area contributed by atoms with E-state index in [0.29, 0.717) is 0 Å². The Bertz CT molecular complexity index is 390. The van der Waals surface area contributed by atoms with Crippen molar-refractivity contribution in [2.45, 2.75) is 13.0 Å². The van der Waals surface area contributed by atoms with E-state index in [2.05, 4.69) is 34.5 Å². The molecule has 4 heteroatoms. The molecule has 1 aromatic carbocycles. The van der Waals surface area contributed by atoms with Crippen LogP contribution >= 0.6 is 22.6 Å². The molecule has 2 N–H and O–H groups in total. The molecule has 1 rings (SSSR count). The van der Waals surface area contributed by atoms with E-state index in [1.54, 1.807) is 18.2 Å². The van der Waals surface area contributed by atoms with Crippen molar-refractivity contribution in [2.75, 3.05) is 0 Å². The van der Waals surface area contributed by atoms with Crippen molar-refractivity contribution in [3.63, 3.8) is 0 Å². The molecular weight excluding hydrogens is 305 g/mol. The molecule has 0 saturated carbocycles. The molecule has 0 radical (unpaired) electrons. The highest BCUT2D eigenvalue weighted by Gasteiger charge is 2.12. The van der Waals surface area contributed by atoms with Crippen LogP contribution < -0.4 is 5.32 Å². The van der Waals surface area contributed by atoms with Gasteiger partial charge in [0.25, 0.3) is 5.91 Å². The predicted octanol–water partition coefficient (Wildman–Crippen LogP) is 2.30. The van der Waals surface area contributed by atoms with Gasteiger partial charge >= 0.3 is 0 Å². The second-order valence-electron chi connectivity index (χ2n) is 3.16. The maximum absolute atomic E-state index is 11.7. The largest absolute Gasteiger partial charge is 0.507 e. The summed E-state index contributed by atoms with van der Waals surface area (Å²) in [6.45, 7) is 5.38. The maximum Gasteiger partial charge on any atom is 0.255 e. The monoisotopic (exact) mass is 317 g/mol. The minimum absolute atomic E-state index is 0.0100. The fourth-order valence-corrected chi connectivity index (χ4v) is 1.52. The highest BCUT2D eigenvalue weighted by Crippen LogP contribution is 2.19. The highest BCUT2D eigenvalue weighted by atomic mass is 127.